The fourth-order valence-electron chi connectivity index (χ4n) is 1.11. The summed E-state index contributed by atoms with van der Waals surface area (Å²) in [5.41, 5.74) is 1.96. The summed E-state index contributed by atoms with van der Waals surface area (Å²) in [5.74, 6) is 1.26. The zero-order chi connectivity index (χ0) is 9.14. The Balaban J connectivity index is 3.02. The van der Waals surface area contributed by atoms with Gasteiger partial charge in [-0.3, -0.25) is 0 Å². The van der Waals surface area contributed by atoms with E-state index in [9.17, 15) is 0 Å². The molecule has 0 amide bonds. The van der Waals surface area contributed by atoms with Crippen molar-refractivity contribution in [1.82, 2.24) is 0 Å². The highest BCUT2D eigenvalue weighted by atomic mass is 16.5. The molecule has 1 aromatic rings. The van der Waals surface area contributed by atoms with Crippen LogP contribution < -0.4 is 10.2 Å². The summed E-state index contributed by atoms with van der Waals surface area (Å²) in [5, 5.41) is 0. The van der Waals surface area contributed by atoms with Gasteiger partial charge in [-0.15, -0.1) is 0 Å². The lowest BCUT2D eigenvalue weighted by atomic mass is 9.90. The Labute approximate surface area is 75.2 Å². The minimum atomic E-state index is 0.512. The second kappa shape index (κ2) is 3.66. The molecular weight excluding hydrogens is 147 g/mol. The topological polar surface area (TPSA) is 9.23 Å². The first kappa shape index (κ1) is 9.18. The van der Waals surface area contributed by atoms with Crippen LogP contribution in [-0.2, 0) is 0 Å². The highest BCUT2D eigenvalue weighted by molar-refractivity contribution is 6.34. The zero-order valence-electron chi connectivity index (χ0n) is 7.79. The van der Waals surface area contributed by atoms with Crippen LogP contribution in [0.5, 0.6) is 5.75 Å². The molecule has 12 heavy (non-hydrogen) atoms. The maximum atomic E-state index is 5.74. The standard InChI is InChI=1S/C10H13BO/c1-7(2)8-4-5-10(12-3)9(11)6-8/h4-7H,1-3H3. The van der Waals surface area contributed by atoms with Crippen LogP contribution in [0.25, 0.3) is 0 Å². The molecule has 0 atom stereocenters. The highest BCUT2D eigenvalue weighted by Gasteiger charge is 2.01. The van der Waals surface area contributed by atoms with E-state index in [0.29, 0.717) is 11.4 Å². The van der Waals surface area contributed by atoms with Crippen molar-refractivity contribution in [2.24, 2.45) is 0 Å². The normalized spacial score (nSPS) is 10.3. The summed E-state index contributed by atoms with van der Waals surface area (Å²) in [6.07, 6.45) is 0. The molecule has 2 radical (unpaired) electrons. The van der Waals surface area contributed by atoms with Crippen LogP contribution in [0.15, 0.2) is 18.2 Å². The molecule has 0 aliphatic carbocycles. The first-order valence-electron chi connectivity index (χ1n) is 4.08. The maximum Gasteiger partial charge on any atom is 0.119 e. The maximum absolute atomic E-state index is 5.74. The van der Waals surface area contributed by atoms with Crippen molar-refractivity contribution >= 4 is 13.3 Å². The molecule has 0 aromatic heterocycles. The number of rotatable bonds is 2. The molecule has 0 aliphatic rings. The molecule has 0 saturated heterocycles. The van der Waals surface area contributed by atoms with Gasteiger partial charge in [0.25, 0.3) is 0 Å². The van der Waals surface area contributed by atoms with E-state index in [2.05, 4.69) is 13.8 Å². The smallest absolute Gasteiger partial charge is 0.119 e. The molecule has 0 heterocycles. The average Bonchev–Trinajstić information content (AvgIpc) is 2.04. The molecule has 0 aliphatic heterocycles. The lowest BCUT2D eigenvalue weighted by Gasteiger charge is -2.09. The van der Waals surface area contributed by atoms with Gasteiger partial charge in [0, 0.05) is 0 Å². The Morgan fingerprint density at radius 1 is 1.33 bits per heavy atom. The van der Waals surface area contributed by atoms with Crippen molar-refractivity contribution in [2.45, 2.75) is 19.8 Å². The van der Waals surface area contributed by atoms with Gasteiger partial charge in [0.15, 0.2) is 0 Å². The Morgan fingerprint density at radius 3 is 2.42 bits per heavy atom. The quantitative estimate of drug-likeness (QED) is 0.597. The van der Waals surface area contributed by atoms with Crippen molar-refractivity contribution in [3.8, 4) is 5.75 Å². The van der Waals surface area contributed by atoms with Gasteiger partial charge in [-0.1, -0.05) is 31.4 Å². The first-order chi connectivity index (χ1) is 5.65. The SMILES string of the molecule is [B]c1cc(C(C)C)ccc1OC. The molecule has 0 saturated carbocycles. The Hall–Kier alpha value is -0.915. The third-order valence-corrected chi connectivity index (χ3v) is 1.92. The predicted molar refractivity (Wildman–Crippen MR) is 52.5 cm³/mol. The summed E-state index contributed by atoms with van der Waals surface area (Å²) >= 11 is 0. The van der Waals surface area contributed by atoms with Crippen molar-refractivity contribution < 1.29 is 4.74 Å². The number of ether oxygens (including phenoxy) is 1. The number of benzene rings is 1. The second-order valence-electron chi connectivity index (χ2n) is 3.16. The van der Waals surface area contributed by atoms with Crippen molar-refractivity contribution in [1.29, 1.82) is 0 Å². The van der Waals surface area contributed by atoms with E-state index < -0.39 is 0 Å². The van der Waals surface area contributed by atoms with Crippen LogP contribution >= 0.6 is 0 Å². The number of hydrogen-bond acceptors (Lipinski definition) is 1. The van der Waals surface area contributed by atoms with Gasteiger partial charge in [-0.25, -0.2) is 0 Å². The zero-order valence-corrected chi connectivity index (χ0v) is 7.79. The van der Waals surface area contributed by atoms with E-state index in [0.717, 1.165) is 5.75 Å². The largest absolute Gasteiger partial charge is 0.497 e. The van der Waals surface area contributed by atoms with Crippen LogP contribution in [0.1, 0.15) is 25.3 Å². The lowest BCUT2D eigenvalue weighted by Crippen LogP contribution is -2.08. The van der Waals surface area contributed by atoms with Gasteiger partial charge < -0.3 is 4.74 Å². The summed E-state index contributed by atoms with van der Waals surface area (Å²) in [4.78, 5) is 0. The molecule has 0 unspecified atom stereocenters. The molecule has 2 heteroatoms. The van der Waals surface area contributed by atoms with E-state index in [1.165, 1.54) is 5.56 Å². The van der Waals surface area contributed by atoms with Crippen LogP contribution in [0.4, 0.5) is 0 Å². The fraction of sp³-hybridized carbons (Fsp3) is 0.400. The van der Waals surface area contributed by atoms with Gasteiger partial charge >= 0.3 is 0 Å². The van der Waals surface area contributed by atoms with Crippen LogP contribution in [0, 0.1) is 0 Å². The fourth-order valence-corrected chi connectivity index (χ4v) is 1.11. The first-order valence-corrected chi connectivity index (χ1v) is 4.08. The molecule has 0 N–H and O–H groups in total. The Kier molecular flexibility index (Phi) is 2.80. The van der Waals surface area contributed by atoms with E-state index >= 15 is 0 Å². The van der Waals surface area contributed by atoms with Gasteiger partial charge in [0.05, 0.1) is 7.11 Å². The Morgan fingerprint density at radius 2 is 2.00 bits per heavy atom. The van der Waals surface area contributed by atoms with E-state index in [1.54, 1.807) is 7.11 Å². The lowest BCUT2D eigenvalue weighted by molar-refractivity contribution is 0.418. The number of methoxy groups -OCH3 is 1. The van der Waals surface area contributed by atoms with Gasteiger partial charge in [0.2, 0.25) is 0 Å². The molecule has 1 aromatic carbocycles. The van der Waals surface area contributed by atoms with Crippen molar-refractivity contribution in [3.05, 3.63) is 23.8 Å². The highest BCUT2D eigenvalue weighted by Crippen LogP contribution is 2.15. The third-order valence-electron chi connectivity index (χ3n) is 1.92. The van der Waals surface area contributed by atoms with Crippen molar-refractivity contribution in [2.75, 3.05) is 7.11 Å². The van der Waals surface area contributed by atoms with Gasteiger partial charge in [-0.05, 0) is 17.5 Å². The minimum absolute atomic E-state index is 0.512. The molecule has 1 nitrogen and oxygen atoms in total. The number of hydrogen-bond donors (Lipinski definition) is 0. The molecule has 0 bridgehead atoms. The Bertz CT molecular complexity index is 269. The minimum Gasteiger partial charge on any atom is -0.497 e. The van der Waals surface area contributed by atoms with Gasteiger partial charge in [0.1, 0.15) is 13.6 Å². The summed E-state index contributed by atoms with van der Waals surface area (Å²) in [7, 11) is 7.37. The third kappa shape index (κ3) is 1.82. The molecule has 62 valence electrons. The summed E-state index contributed by atoms with van der Waals surface area (Å²) in [6, 6.07) is 5.91. The van der Waals surface area contributed by atoms with Gasteiger partial charge in [-0.2, -0.15) is 0 Å². The average molecular weight is 160 g/mol. The van der Waals surface area contributed by atoms with Crippen LogP contribution in [0.2, 0.25) is 0 Å². The van der Waals surface area contributed by atoms with Crippen LogP contribution in [-0.4, -0.2) is 15.0 Å². The van der Waals surface area contributed by atoms with E-state index in [4.69, 9.17) is 12.6 Å². The van der Waals surface area contributed by atoms with Crippen molar-refractivity contribution in [3.63, 3.8) is 0 Å². The van der Waals surface area contributed by atoms with E-state index in [-0.39, 0.29) is 0 Å². The molecule has 0 spiro atoms. The summed E-state index contributed by atoms with van der Waals surface area (Å²) in [6.45, 7) is 4.28. The van der Waals surface area contributed by atoms with Crippen LogP contribution in [0.3, 0.4) is 0 Å². The second-order valence-corrected chi connectivity index (χ2v) is 3.16. The molecule has 1 rings (SSSR count). The monoisotopic (exact) mass is 160 g/mol. The van der Waals surface area contributed by atoms with E-state index in [1.807, 2.05) is 18.2 Å². The predicted octanol–water partition coefficient (Wildman–Crippen LogP) is 1.61. The summed E-state index contributed by atoms with van der Waals surface area (Å²) < 4.78 is 5.05. The molecular formula is C10H13BO. The molecule has 0 fully saturated rings.